The summed E-state index contributed by atoms with van der Waals surface area (Å²) in [6.45, 7) is 0.296. The Kier molecular flexibility index (Phi) is 10.9. The molecule has 2 fully saturated rings. The Hall–Kier alpha value is -3.55. The van der Waals surface area contributed by atoms with E-state index in [1.807, 2.05) is 30.4 Å². The average Bonchev–Trinajstić information content (AvgIpc) is 3.68. The van der Waals surface area contributed by atoms with Crippen LogP contribution >= 0.6 is 27.5 Å². The van der Waals surface area contributed by atoms with Crippen LogP contribution in [0, 0.1) is 11.8 Å². The van der Waals surface area contributed by atoms with E-state index in [-0.39, 0.29) is 38.6 Å². The quantitative estimate of drug-likeness (QED) is 0.234. The second kappa shape index (κ2) is 15.1. The number of carbonyl (C=O) groups excluding carboxylic acids is 4. The van der Waals surface area contributed by atoms with Crippen LogP contribution in [0.4, 0.5) is 5.69 Å². The Labute approximate surface area is 298 Å². The summed E-state index contributed by atoms with van der Waals surface area (Å²) in [5.74, 6) is -3.90. The Bertz CT molecular complexity index is 1620. The van der Waals surface area contributed by atoms with Gasteiger partial charge in [0, 0.05) is 48.4 Å². The molecule has 2 N–H and O–H groups in total. The predicted molar refractivity (Wildman–Crippen MR) is 185 cm³/mol. The van der Waals surface area contributed by atoms with Gasteiger partial charge in [-0.05, 0) is 55.2 Å². The summed E-state index contributed by atoms with van der Waals surface area (Å²) in [6, 6.07) is 14.0. The van der Waals surface area contributed by atoms with E-state index in [1.165, 1.54) is 12.0 Å². The molecule has 2 aromatic rings. The van der Waals surface area contributed by atoms with E-state index in [1.54, 1.807) is 47.4 Å². The first kappa shape index (κ1) is 35.3. The fourth-order valence-electron chi connectivity index (χ4n) is 7.40. The summed E-state index contributed by atoms with van der Waals surface area (Å²) in [5, 5.41) is 13.0. The molecule has 0 aromatic heterocycles. The minimum Gasteiger partial charge on any atom is -0.455 e. The number of allylic oxidation sites excluding steroid dienone is 1. The number of nitrogens with one attached hydrogen (secondary N) is 1. The van der Waals surface area contributed by atoms with E-state index < -0.39 is 59.5 Å². The van der Waals surface area contributed by atoms with Gasteiger partial charge < -0.3 is 34.4 Å². The van der Waals surface area contributed by atoms with Crippen molar-refractivity contribution in [1.29, 1.82) is 0 Å². The molecule has 2 aromatic carbocycles. The van der Waals surface area contributed by atoms with Crippen molar-refractivity contribution in [2.45, 2.75) is 55.6 Å². The molecule has 49 heavy (non-hydrogen) atoms. The normalized spacial score (nSPS) is 31.0. The lowest BCUT2D eigenvalue weighted by atomic mass is 9.74. The van der Waals surface area contributed by atoms with Gasteiger partial charge in [0.2, 0.25) is 11.8 Å². The van der Waals surface area contributed by atoms with Gasteiger partial charge in [-0.25, -0.2) is 0 Å². The third-order valence-corrected chi connectivity index (χ3v) is 10.5. The molecule has 11 nitrogen and oxygen atoms in total. The molecule has 5 bridgehead atoms. The van der Waals surface area contributed by atoms with Gasteiger partial charge in [-0.1, -0.05) is 70.0 Å². The second-order valence-corrected chi connectivity index (χ2v) is 14.0. The SMILES string of the molecule is COC[C@@H]1NC(=O)CC/C=C\CN(c2ccc(Cl)cc2)C(=O)[C@H]2N(CCCCO)C(=O)[C@@H]3[C@@H](C(=O)O[C@H]1c1ccccc1)[C@@H]1O[C@@]32C=C1Br. The highest BCUT2D eigenvalue weighted by atomic mass is 79.9. The number of fused-ring (bicyclic) bond motifs is 2. The first-order valence-corrected chi connectivity index (χ1v) is 17.6. The molecule has 0 saturated carbocycles. The van der Waals surface area contributed by atoms with Crippen LogP contribution in [0.25, 0.3) is 0 Å². The Balaban J connectivity index is 1.47. The van der Waals surface area contributed by atoms with E-state index in [0.717, 1.165) is 0 Å². The maximum atomic E-state index is 14.9. The van der Waals surface area contributed by atoms with Crippen LogP contribution in [0.15, 0.2) is 77.3 Å². The monoisotopic (exact) mass is 755 g/mol. The summed E-state index contributed by atoms with van der Waals surface area (Å²) in [4.78, 5) is 60.1. The number of nitrogens with zero attached hydrogens (tertiary/aromatic N) is 2. The number of halogens is 2. The lowest BCUT2D eigenvalue weighted by Crippen LogP contribution is -2.56. The molecule has 6 rings (SSSR count). The summed E-state index contributed by atoms with van der Waals surface area (Å²) in [5.41, 5.74) is -0.276. The number of benzene rings is 2. The number of hydrogen-bond acceptors (Lipinski definition) is 8. The van der Waals surface area contributed by atoms with Crippen LogP contribution in [0.2, 0.25) is 5.02 Å². The van der Waals surface area contributed by atoms with Gasteiger partial charge in [-0.3, -0.25) is 19.2 Å². The zero-order chi connectivity index (χ0) is 34.7. The molecule has 4 heterocycles. The molecule has 13 heteroatoms. The molecule has 2 saturated heterocycles. The molecule has 0 unspecified atom stereocenters. The topological polar surface area (TPSA) is 135 Å². The highest BCUT2D eigenvalue weighted by molar-refractivity contribution is 9.11. The number of amides is 3. The van der Waals surface area contributed by atoms with Gasteiger partial charge in [0.15, 0.2) is 0 Å². The standard InChI is InChI=1S/C36H39BrClN3O8/c1-47-21-26-30(22-10-4-2-5-11-22)48-35(46)28-29-33(44)41(18-8-9-19-42)32(36(29)20-25(37)31(28)49-36)34(45)40(24-15-13-23(38)14-16-24)17-7-3-6-12-27(43)39-26/h2-5,7,10-11,13-16,20,26,28-32,42H,6,8-9,12,17-19,21H2,1H3,(H,39,43)/b7-3-/t26-,28+,29-,30-,31+,32+,36-/m0/s1. The summed E-state index contributed by atoms with van der Waals surface area (Å²) in [7, 11) is 1.50. The minimum absolute atomic E-state index is 0.0557. The summed E-state index contributed by atoms with van der Waals surface area (Å²) < 4.78 is 18.9. The van der Waals surface area contributed by atoms with Gasteiger partial charge in [-0.15, -0.1) is 0 Å². The van der Waals surface area contributed by atoms with Crippen LogP contribution in [-0.2, 0) is 33.4 Å². The smallest absolute Gasteiger partial charge is 0.313 e. The maximum absolute atomic E-state index is 14.9. The zero-order valence-electron chi connectivity index (χ0n) is 27.0. The summed E-state index contributed by atoms with van der Waals surface area (Å²) in [6.07, 6.45) is 4.98. The number of esters is 1. The number of aliphatic hydroxyl groups excluding tert-OH is 1. The van der Waals surface area contributed by atoms with Gasteiger partial charge in [-0.2, -0.15) is 0 Å². The van der Waals surface area contributed by atoms with Gasteiger partial charge in [0.25, 0.3) is 5.91 Å². The zero-order valence-corrected chi connectivity index (χ0v) is 29.3. The van der Waals surface area contributed by atoms with Crippen LogP contribution in [0.5, 0.6) is 0 Å². The van der Waals surface area contributed by atoms with Crippen molar-refractivity contribution < 1.29 is 38.5 Å². The highest BCUT2D eigenvalue weighted by Gasteiger charge is 2.75. The first-order valence-electron chi connectivity index (χ1n) is 16.4. The number of aliphatic hydroxyl groups is 1. The van der Waals surface area contributed by atoms with Crippen molar-refractivity contribution in [2.75, 3.05) is 38.3 Å². The van der Waals surface area contributed by atoms with E-state index in [9.17, 15) is 24.3 Å². The lowest BCUT2D eigenvalue weighted by molar-refractivity contribution is -0.162. The predicted octanol–water partition coefficient (Wildman–Crippen LogP) is 4.08. The largest absolute Gasteiger partial charge is 0.455 e. The molecule has 4 aliphatic rings. The van der Waals surface area contributed by atoms with Crippen molar-refractivity contribution in [3.8, 4) is 0 Å². The summed E-state index contributed by atoms with van der Waals surface area (Å²) >= 11 is 9.79. The molecular weight excluding hydrogens is 718 g/mol. The van der Waals surface area contributed by atoms with Gasteiger partial charge in [0.05, 0.1) is 18.6 Å². The number of hydrogen-bond donors (Lipinski definition) is 2. The fourth-order valence-corrected chi connectivity index (χ4v) is 8.26. The van der Waals surface area contributed by atoms with Crippen LogP contribution in [0.3, 0.4) is 0 Å². The molecule has 4 aliphatic heterocycles. The maximum Gasteiger partial charge on any atom is 0.313 e. The van der Waals surface area contributed by atoms with E-state index in [2.05, 4.69) is 21.2 Å². The van der Waals surface area contributed by atoms with E-state index in [4.69, 9.17) is 25.8 Å². The number of rotatable bonds is 8. The minimum atomic E-state index is -1.47. The molecule has 1 spiro atoms. The Morgan fingerprint density at radius 1 is 1.02 bits per heavy atom. The Morgan fingerprint density at radius 2 is 1.78 bits per heavy atom. The van der Waals surface area contributed by atoms with Crippen molar-refractivity contribution in [3.05, 3.63) is 87.9 Å². The number of carbonyl (C=O) groups is 4. The molecule has 3 amide bonds. The molecule has 0 radical (unpaired) electrons. The molecule has 7 atom stereocenters. The third kappa shape index (κ3) is 6.81. The van der Waals surface area contributed by atoms with Crippen molar-refractivity contribution in [3.63, 3.8) is 0 Å². The van der Waals surface area contributed by atoms with Gasteiger partial charge in [0.1, 0.15) is 29.8 Å². The van der Waals surface area contributed by atoms with Crippen molar-refractivity contribution in [1.82, 2.24) is 10.2 Å². The van der Waals surface area contributed by atoms with Crippen LogP contribution in [-0.4, -0.2) is 90.9 Å². The average molecular weight is 757 g/mol. The van der Waals surface area contributed by atoms with E-state index >= 15 is 0 Å². The molecular formula is C36H39BrClN3O8. The molecule has 260 valence electrons. The lowest BCUT2D eigenvalue weighted by Gasteiger charge is -2.36. The second-order valence-electron chi connectivity index (χ2n) is 12.6. The number of anilines is 1. The number of ether oxygens (including phenoxy) is 3. The number of methoxy groups -OCH3 is 1. The van der Waals surface area contributed by atoms with Gasteiger partial charge >= 0.3 is 5.97 Å². The van der Waals surface area contributed by atoms with Crippen molar-refractivity contribution >= 4 is 56.9 Å². The Morgan fingerprint density at radius 3 is 2.49 bits per heavy atom. The highest BCUT2D eigenvalue weighted by Crippen LogP contribution is 2.59. The number of likely N-dealkylation sites (tertiary alicyclic amines) is 1. The van der Waals surface area contributed by atoms with E-state index in [0.29, 0.717) is 40.0 Å². The molecule has 0 aliphatic carbocycles. The van der Waals surface area contributed by atoms with Crippen LogP contribution in [0.1, 0.15) is 37.4 Å². The fraction of sp³-hybridized carbons (Fsp3) is 0.444. The third-order valence-electron chi connectivity index (χ3n) is 9.57. The number of unbranched alkanes of at least 4 members (excludes halogenated alkanes) is 1. The van der Waals surface area contributed by atoms with Crippen molar-refractivity contribution in [2.24, 2.45) is 11.8 Å². The number of cyclic esters (lactones) is 1. The first-order chi connectivity index (χ1) is 23.7. The van der Waals surface area contributed by atoms with Crippen LogP contribution < -0.4 is 10.2 Å².